The van der Waals surface area contributed by atoms with Gasteiger partial charge in [0.2, 0.25) is 0 Å². The molecule has 0 aromatic heterocycles. The Balaban J connectivity index is 1.68. The van der Waals surface area contributed by atoms with Gasteiger partial charge < -0.3 is 14.2 Å². The van der Waals surface area contributed by atoms with Gasteiger partial charge in [-0.25, -0.2) is 0 Å². The summed E-state index contributed by atoms with van der Waals surface area (Å²) in [5, 5.41) is 0. The molecule has 1 aliphatic heterocycles. The molecule has 0 aromatic rings. The summed E-state index contributed by atoms with van der Waals surface area (Å²) in [6.07, 6.45) is 1.37. The van der Waals surface area contributed by atoms with Crippen molar-refractivity contribution in [3.05, 3.63) is 0 Å². The molecule has 0 N–H and O–H groups in total. The summed E-state index contributed by atoms with van der Waals surface area (Å²) in [7, 11) is 1.70. The Bertz CT molecular complexity index is 80.9. The number of hydrogen-bond acceptors (Lipinski definition) is 3. The lowest BCUT2D eigenvalue weighted by molar-refractivity contribution is 0.0916. The lowest BCUT2D eigenvalue weighted by Crippen LogP contribution is -2.04. The molecule has 1 atom stereocenters. The smallest absolute Gasteiger partial charge is 0.104 e. The Kier molecular flexibility index (Phi) is 3.72. The topological polar surface area (TPSA) is 31.0 Å². The summed E-state index contributed by atoms with van der Waals surface area (Å²) in [5.41, 5.74) is 0. The molecule has 1 aliphatic rings. The van der Waals surface area contributed by atoms with E-state index >= 15 is 0 Å². The van der Waals surface area contributed by atoms with Crippen LogP contribution in [0.1, 0.15) is 6.42 Å². The third kappa shape index (κ3) is 3.82. The van der Waals surface area contributed by atoms with Crippen molar-refractivity contribution < 1.29 is 14.2 Å². The van der Waals surface area contributed by atoms with E-state index in [1.807, 2.05) is 0 Å². The maximum Gasteiger partial charge on any atom is 0.104 e. The zero-order chi connectivity index (χ0) is 7.23. The van der Waals surface area contributed by atoms with Crippen molar-refractivity contribution in [1.29, 1.82) is 0 Å². The number of hydrogen-bond donors (Lipinski definition) is 0. The van der Waals surface area contributed by atoms with Gasteiger partial charge in [0.1, 0.15) is 6.10 Å². The van der Waals surface area contributed by atoms with Gasteiger partial charge in [0.05, 0.1) is 13.2 Å². The fourth-order valence-electron chi connectivity index (χ4n) is 0.684. The largest absolute Gasteiger partial charge is 0.385 e. The number of rotatable bonds is 6. The average molecular weight is 146 g/mol. The lowest BCUT2D eigenvalue weighted by atomic mass is 10.5. The first kappa shape index (κ1) is 7.98. The SMILES string of the molecule is COCCCOCC1CO1. The Labute approximate surface area is 61.3 Å². The van der Waals surface area contributed by atoms with E-state index < -0.39 is 0 Å². The molecule has 3 heteroatoms. The quantitative estimate of drug-likeness (QED) is 0.402. The maximum atomic E-state index is 5.25. The summed E-state index contributed by atoms with van der Waals surface area (Å²) in [4.78, 5) is 0. The molecule has 60 valence electrons. The van der Waals surface area contributed by atoms with Crippen LogP contribution >= 0.6 is 0 Å². The molecule has 0 saturated carbocycles. The van der Waals surface area contributed by atoms with Gasteiger partial charge in [-0.3, -0.25) is 0 Å². The van der Waals surface area contributed by atoms with E-state index in [9.17, 15) is 0 Å². The first-order chi connectivity index (χ1) is 4.93. The van der Waals surface area contributed by atoms with Gasteiger partial charge in [-0.15, -0.1) is 0 Å². The highest BCUT2D eigenvalue weighted by Crippen LogP contribution is 2.08. The summed E-state index contributed by atoms with van der Waals surface area (Å²) in [6.45, 7) is 3.20. The minimum Gasteiger partial charge on any atom is -0.385 e. The zero-order valence-corrected chi connectivity index (χ0v) is 6.34. The van der Waals surface area contributed by atoms with Gasteiger partial charge in [0.25, 0.3) is 0 Å². The first-order valence-corrected chi connectivity index (χ1v) is 3.62. The molecule has 1 heterocycles. The normalized spacial score (nSPS) is 23.1. The van der Waals surface area contributed by atoms with E-state index in [1.165, 1.54) is 0 Å². The van der Waals surface area contributed by atoms with E-state index in [0.717, 1.165) is 32.8 Å². The van der Waals surface area contributed by atoms with Crippen LogP contribution in [0.2, 0.25) is 0 Å². The predicted octanol–water partition coefficient (Wildman–Crippen LogP) is 0.438. The number of methoxy groups -OCH3 is 1. The molecule has 1 fully saturated rings. The average Bonchev–Trinajstić information content (AvgIpc) is 2.71. The van der Waals surface area contributed by atoms with Crippen LogP contribution in [0.4, 0.5) is 0 Å². The minimum absolute atomic E-state index is 0.391. The summed E-state index contributed by atoms with van der Waals surface area (Å²) < 4.78 is 15.1. The van der Waals surface area contributed by atoms with Crippen LogP contribution in [0.5, 0.6) is 0 Å². The predicted molar refractivity (Wildman–Crippen MR) is 37.1 cm³/mol. The summed E-state index contributed by atoms with van der Waals surface area (Å²) in [6, 6.07) is 0. The highest BCUT2D eigenvalue weighted by Gasteiger charge is 2.21. The van der Waals surface area contributed by atoms with Crippen LogP contribution in [0, 0.1) is 0 Å². The van der Waals surface area contributed by atoms with E-state index in [0.29, 0.717) is 6.10 Å². The fourth-order valence-corrected chi connectivity index (χ4v) is 0.684. The summed E-state index contributed by atoms with van der Waals surface area (Å²) >= 11 is 0. The number of ether oxygens (including phenoxy) is 3. The van der Waals surface area contributed by atoms with Crippen molar-refractivity contribution in [2.24, 2.45) is 0 Å². The highest BCUT2D eigenvalue weighted by atomic mass is 16.6. The van der Waals surface area contributed by atoms with Crippen molar-refractivity contribution in [1.82, 2.24) is 0 Å². The van der Waals surface area contributed by atoms with E-state index in [-0.39, 0.29) is 0 Å². The first-order valence-electron chi connectivity index (χ1n) is 3.62. The van der Waals surface area contributed by atoms with Crippen LogP contribution in [0.15, 0.2) is 0 Å². The van der Waals surface area contributed by atoms with Crippen molar-refractivity contribution in [3.63, 3.8) is 0 Å². The molecular weight excluding hydrogens is 132 g/mol. The molecule has 3 nitrogen and oxygen atoms in total. The molecule has 1 unspecified atom stereocenters. The Morgan fingerprint density at radius 1 is 1.50 bits per heavy atom. The third-order valence-corrected chi connectivity index (χ3v) is 1.34. The van der Waals surface area contributed by atoms with Crippen LogP contribution in [-0.4, -0.2) is 39.6 Å². The van der Waals surface area contributed by atoms with Crippen molar-refractivity contribution in [2.45, 2.75) is 12.5 Å². The third-order valence-electron chi connectivity index (χ3n) is 1.34. The van der Waals surface area contributed by atoms with Gasteiger partial charge in [-0.2, -0.15) is 0 Å². The van der Waals surface area contributed by atoms with Gasteiger partial charge in [0, 0.05) is 20.3 Å². The zero-order valence-electron chi connectivity index (χ0n) is 6.34. The maximum absolute atomic E-state index is 5.25. The molecule has 10 heavy (non-hydrogen) atoms. The second-order valence-corrected chi connectivity index (χ2v) is 2.38. The summed E-state index contributed by atoms with van der Waals surface area (Å²) in [5.74, 6) is 0. The monoisotopic (exact) mass is 146 g/mol. The second-order valence-electron chi connectivity index (χ2n) is 2.38. The fraction of sp³-hybridized carbons (Fsp3) is 1.00. The van der Waals surface area contributed by atoms with Crippen LogP contribution < -0.4 is 0 Å². The highest BCUT2D eigenvalue weighted by molar-refractivity contribution is 4.66. The molecule has 0 aliphatic carbocycles. The van der Waals surface area contributed by atoms with E-state index in [1.54, 1.807) is 7.11 Å². The van der Waals surface area contributed by atoms with Gasteiger partial charge in [0.15, 0.2) is 0 Å². The van der Waals surface area contributed by atoms with Crippen LogP contribution in [0.25, 0.3) is 0 Å². The van der Waals surface area contributed by atoms with Crippen molar-refractivity contribution in [3.8, 4) is 0 Å². The minimum atomic E-state index is 0.391. The van der Waals surface area contributed by atoms with Gasteiger partial charge >= 0.3 is 0 Å². The van der Waals surface area contributed by atoms with Crippen LogP contribution in [0.3, 0.4) is 0 Å². The van der Waals surface area contributed by atoms with Crippen molar-refractivity contribution >= 4 is 0 Å². The van der Waals surface area contributed by atoms with E-state index in [2.05, 4.69) is 0 Å². The molecule has 0 amide bonds. The standard InChI is InChI=1S/C7H14O3/c1-8-3-2-4-9-5-7-6-10-7/h7H,2-6H2,1H3. The van der Waals surface area contributed by atoms with Crippen LogP contribution in [-0.2, 0) is 14.2 Å². The van der Waals surface area contributed by atoms with Gasteiger partial charge in [-0.1, -0.05) is 0 Å². The lowest BCUT2D eigenvalue weighted by Gasteiger charge is -1.99. The second kappa shape index (κ2) is 4.66. The molecule has 1 saturated heterocycles. The molecule has 0 bridgehead atoms. The molecule has 0 spiro atoms. The van der Waals surface area contributed by atoms with Crippen molar-refractivity contribution in [2.75, 3.05) is 33.5 Å². The molecular formula is C7H14O3. The molecule has 1 rings (SSSR count). The number of epoxide rings is 1. The van der Waals surface area contributed by atoms with E-state index in [4.69, 9.17) is 14.2 Å². The molecule has 0 radical (unpaired) electrons. The Morgan fingerprint density at radius 2 is 2.30 bits per heavy atom. The Hall–Kier alpha value is -0.120. The van der Waals surface area contributed by atoms with Gasteiger partial charge in [-0.05, 0) is 6.42 Å². The Morgan fingerprint density at radius 3 is 2.90 bits per heavy atom. The molecule has 0 aromatic carbocycles.